The maximum absolute atomic E-state index is 8.71. The van der Waals surface area contributed by atoms with Gasteiger partial charge in [-0.3, -0.25) is 0 Å². The molecule has 0 aromatic rings. The van der Waals surface area contributed by atoms with Gasteiger partial charge in [0.1, 0.15) is 0 Å². The molecule has 0 radical (unpaired) electrons. The first-order valence-corrected chi connectivity index (χ1v) is 3.07. The highest BCUT2D eigenvalue weighted by Gasteiger charge is 2.20. The summed E-state index contributed by atoms with van der Waals surface area (Å²) in [7, 11) is 1.58. The van der Waals surface area contributed by atoms with Crippen molar-refractivity contribution in [3.05, 3.63) is 0 Å². The van der Waals surface area contributed by atoms with Crippen molar-refractivity contribution in [2.45, 2.75) is 18.9 Å². The van der Waals surface area contributed by atoms with E-state index in [0.717, 1.165) is 6.42 Å². The van der Waals surface area contributed by atoms with Gasteiger partial charge >= 0.3 is 0 Å². The molecule has 0 amide bonds. The van der Waals surface area contributed by atoms with Gasteiger partial charge in [-0.05, 0) is 6.42 Å². The molecule has 0 aliphatic carbocycles. The molecule has 0 saturated carbocycles. The molecule has 1 atom stereocenters. The molecule has 0 aliphatic rings. The van der Waals surface area contributed by atoms with Crippen LogP contribution in [0.1, 0.15) is 13.3 Å². The van der Waals surface area contributed by atoms with Crippen LogP contribution in [0.3, 0.4) is 0 Å². The second-order valence-corrected chi connectivity index (χ2v) is 2.31. The predicted molar refractivity (Wildman–Crippen MR) is 36.2 cm³/mol. The van der Waals surface area contributed by atoms with Crippen LogP contribution in [0.4, 0.5) is 0 Å². The van der Waals surface area contributed by atoms with E-state index in [0.29, 0.717) is 6.61 Å². The van der Waals surface area contributed by atoms with Gasteiger partial charge in [0.05, 0.1) is 18.8 Å². The average Bonchev–Trinajstić information content (AvgIpc) is 1.89. The van der Waals surface area contributed by atoms with Crippen LogP contribution in [0.25, 0.3) is 0 Å². The Balaban J connectivity index is 3.62. The highest BCUT2D eigenvalue weighted by atomic mass is 16.5. The van der Waals surface area contributed by atoms with Crippen LogP contribution in [0.5, 0.6) is 0 Å². The van der Waals surface area contributed by atoms with Crippen molar-refractivity contribution in [2.24, 2.45) is 5.73 Å². The van der Waals surface area contributed by atoms with Crippen LogP contribution < -0.4 is 5.73 Å². The summed E-state index contributed by atoms with van der Waals surface area (Å²) in [5.41, 5.74) is 5.10. The molecule has 0 rings (SSSR count). The number of rotatable bonds is 4. The summed E-state index contributed by atoms with van der Waals surface area (Å²) < 4.78 is 4.80. The van der Waals surface area contributed by atoms with E-state index in [1.165, 1.54) is 0 Å². The summed E-state index contributed by atoms with van der Waals surface area (Å²) in [6, 6.07) is 0. The second-order valence-electron chi connectivity index (χ2n) is 2.31. The Bertz CT molecular complexity index is 71.5. The molecule has 0 aromatic carbocycles. The van der Waals surface area contributed by atoms with Crippen molar-refractivity contribution in [3.63, 3.8) is 0 Å². The van der Waals surface area contributed by atoms with E-state index < -0.39 is 5.54 Å². The zero-order valence-corrected chi connectivity index (χ0v) is 6.05. The van der Waals surface area contributed by atoms with Gasteiger partial charge < -0.3 is 15.6 Å². The fourth-order valence-electron chi connectivity index (χ4n) is 0.547. The number of hydrogen-bond donors (Lipinski definition) is 2. The Labute approximate surface area is 55.8 Å². The zero-order chi connectivity index (χ0) is 7.33. The van der Waals surface area contributed by atoms with E-state index in [2.05, 4.69) is 0 Å². The maximum atomic E-state index is 8.71. The molecule has 0 heterocycles. The lowest BCUT2D eigenvalue weighted by Gasteiger charge is -2.23. The molecular formula is C6H15NO2. The molecule has 0 aliphatic heterocycles. The van der Waals surface area contributed by atoms with Crippen molar-refractivity contribution in [1.29, 1.82) is 0 Å². The number of ether oxygens (including phenoxy) is 1. The molecule has 0 fully saturated rings. The van der Waals surface area contributed by atoms with Gasteiger partial charge in [-0.2, -0.15) is 0 Å². The van der Waals surface area contributed by atoms with Gasteiger partial charge in [-0.15, -0.1) is 0 Å². The Morgan fingerprint density at radius 3 is 2.33 bits per heavy atom. The van der Waals surface area contributed by atoms with Gasteiger partial charge in [0.2, 0.25) is 0 Å². The van der Waals surface area contributed by atoms with E-state index in [9.17, 15) is 0 Å². The number of aliphatic hydroxyl groups excluding tert-OH is 1. The highest BCUT2D eigenvalue weighted by molar-refractivity contribution is 4.80. The molecule has 0 saturated heterocycles. The van der Waals surface area contributed by atoms with Crippen molar-refractivity contribution in [3.8, 4) is 0 Å². The smallest absolute Gasteiger partial charge is 0.0664 e. The van der Waals surface area contributed by atoms with Crippen molar-refractivity contribution < 1.29 is 9.84 Å². The fraction of sp³-hybridized carbons (Fsp3) is 1.00. The molecule has 0 aromatic heterocycles. The van der Waals surface area contributed by atoms with Gasteiger partial charge in [0, 0.05) is 7.11 Å². The number of methoxy groups -OCH3 is 1. The number of nitrogens with two attached hydrogens (primary N) is 1. The van der Waals surface area contributed by atoms with Gasteiger partial charge in [0.15, 0.2) is 0 Å². The molecule has 1 unspecified atom stereocenters. The summed E-state index contributed by atoms with van der Waals surface area (Å²) in [6.07, 6.45) is 0.733. The Morgan fingerprint density at radius 2 is 2.22 bits per heavy atom. The van der Waals surface area contributed by atoms with E-state index in [-0.39, 0.29) is 6.61 Å². The van der Waals surface area contributed by atoms with E-state index in [4.69, 9.17) is 15.6 Å². The molecule has 56 valence electrons. The molecule has 3 heteroatoms. The Morgan fingerprint density at radius 1 is 1.67 bits per heavy atom. The first-order valence-electron chi connectivity index (χ1n) is 3.07. The quantitative estimate of drug-likeness (QED) is 0.555. The van der Waals surface area contributed by atoms with Gasteiger partial charge in [-0.1, -0.05) is 6.92 Å². The molecule has 3 N–H and O–H groups in total. The van der Waals surface area contributed by atoms with Crippen LogP contribution in [0, 0.1) is 0 Å². The summed E-state index contributed by atoms with van der Waals surface area (Å²) in [6.45, 7) is 2.33. The Kier molecular flexibility index (Phi) is 3.77. The SMILES string of the molecule is CCC(N)(CO)COC. The molecule has 0 bridgehead atoms. The monoisotopic (exact) mass is 133 g/mol. The van der Waals surface area contributed by atoms with Crippen molar-refractivity contribution in [1.82, 2.24) is 0 Å². The summed E-state index contributed by atoms with van der Waals surface area (Å²) >= 11 is 0. The van der Waals surface area contributed by atoms with Crippen molar-refractivity contribution in [2.75, 3.05) is 20.3 Å². The third kappa shape index (κ3) is 2.79. The van der Waals surface area contributed by atoms with E-state index in [1.54, 1.807) is 7.11 Å². The van der Waals surface area contributed by atoms with Crippen LogP contribution in [0.15, 0.2) is 0 Å². The maximum Gasteiger partial charge on any atom is 0.0664 e. The summed E-state index contributed by atoms with van der Waals surface area (Å²) in [4.78, 5) is 0. The second kappa shape index (κ2) is 3.82. The third-order valence-corrected chi connectivity index (χ3v) is 1.45. The standard InChI is InChI=1S/C6H15NO2/c1-3-6(7,4-8)5-9-2/h8H,3-5,7H2,1-2H3. The lowest BCUT2D eigenvalue weighted by Crippen LogP contribution is -2.47. The first kappa shape index (κ1) is 8.88. The van der Waals surface area contributed by atoms with Crippen LogP contribution in [0.2, 0.25) is 0 Å². The number of aliphatic hydroxyl groups is 1. The first-order chi connectivity index (χ1) is 4.18. The van der Waals surface area contributed by atoms with Crippen LogP contribution in [-0.4, -0.2) is 31.0 Å². The molecule has 0 spiro atoms. The third-order valence-electron chi connectivity index (χ3n) is 1.45. The summed E-state index contributed by atoms with van der Waals surface area (Å²) in [5.74, 6) is 0. The minimum Gasteiger partial charge on any atom is -0.394 e. The number of hydrogen-bond acceptors (Lipinski definition) is 3. The average molecular weight is 133 g/mol. The fourth-order valence-corrected chi connectivity index (χ4v) is 0.547. The molecule has 3 nitrogen and oxygen atoms in total. The Hall–Kier alpha value is -0.120. The molecule has 9 heavy (non-hydrogen) atoms. The zero-order valence-electron chi connectivity index (χ0n) is 6.05. The minimum absolute atomic E-state index is 0.0165. The van der Waals surface area contributed by atoms with Crippen LogP contribution in [-0.2, 0) is 4.74 Å². The van der Waals surface area contributed by atoms with E-state index in [1.807, 2.05) is 6.92 Å². The normalized spacial score (nSPS) is 17.3. The molecular weight excluding hydrogens is 118 g/mol. The van der Waals surface area contributed by atoms with Crippen LogP contribution >= 0.6 is 0 Å². The van der Waals surface area contributed by atoms with Gasteiger partial charge in [-0.25, -0.2) is 0 Å². The summed E-state index contributed by atoms with van der Waals surface area (Å²) in [5, 5.41) is 8.71. The minimum atomic E-state index is -0.533. The lowest BCUT2D eigenvalue weighted by atomic mass is 10.0. The predicted octanol–water partition coefficient (Wildman–Crippen LogP) is -0.267. The lowest BCUT2D eigenvalue weighted by molar-refractivity contribution is 0.0844. The van der Waals surface area contributed by atoms with Crippen molar-refractivity contribution >= 4 is 0 Å². The van der Waals surface area contributed by atoms with E-state index >= 15 is 0 Å². The highest BCUT2D eigenvalue weighted by Crippen LogP contribution is 2.03. The van der Waals surface area contributed by atoms with Gasteiger partial charge in [0.25, 0.3) is 0 Å². The largest absolute Gasteiger partial charge is 0.394 e. The topological polar surface area (TPSA) is 55.5 Å².